The number of rotatable bonds is 10. The second-order valence-corrected chi connectivity index (χ2v) is 11.3. The van der Waals surface area contributed by atoms with Crippen LogP contribution in [0.4, 0.5) is 11.4 Å². The van der Waals surface area contributed by atoms with Crippen LogP contribution in [0.1, 0.15) is 38.8 Å². The lowest BCUT2D eigenvalue weighted by molar-refractivity contribution is -0.115. The van der Waals surface area contributed by atoms with Crippen molar-refractivity contribution in [2.45, 2.75) is 24.0 Å². The zero-order valence-electron chi connectivity index (χ0n) is 23.3. The third kappa shape index (κ3) is 8.57. The number of aryl methyl sites for hydroxylation is 1. The van der Waals surface area contributed by atoms with Crippen LogP contribution in [0.25, 0.3) is 6.08 Å². The van der Waals surface area contributed by atoms with E-state index in [2.05, 4.69) is 16.0 Å². The van der Waals surface area contributed by atoms with E-state index in [9.17, 15) is 24.3 Å². The third-order valence-electron chi connectivity index (χ3n) is 6.25. The van der Waals surface area contributed by atoms with Crippen molar-refractivity contribution in [2.75, 3.05) is 10.6 Å². The van der Waals surface area contributed by atoms with Gasteiger partial charge in [-0.15, -0.1) is 11.8 Å². The fourth-order valence-electron chi connectivity index (χ4n) is 3.92. The Kier molecular flexibility index (Phi) is 10.4. The molecule has 0 saturated heterocycles. The predicted octanol–water partition coefficient (Wildman–Crippen LogP) is 6.88. The summed E-state index contributed by atoms with van der Waals surface area (Å²) in [5, 5.41) is 17.4. The van der Waals surface area contributed by atoms with Crippen molar-refractivity contribution in [3.63, 3.8) is 0 Å². The maximum absolute atomic E-state index is 13.4. The number of anilines is 2. The molecule has 0 aromatic heterocycles. The Morgan fingerprint density at radius 1 is 0.837 bits per heavy atom. The Morgan fingerprint density at radius 2 is 1.56 bits per heavy atom. The fraction of sp³-hybridized carbons (Fsp3) is 0.0909. The molecule has 3 amide bonds. The molecule has 43 heavy (non-hydrogen) atoms. The average molecular weight is 614 g/mol. The molecule has 8 nitrogen and oxygen atoms in total. The number of hydrogen-bond donors (Lipinski definition) is 4. The Balaban J connectivity index is 1.49. The third-order valence-corrected chi connectivity index (χ3v) is 7.69. The van der Waals surface area contributed by atoms with Gasteiger partial charge in [0.05, 0.1) is 10.8 Å². The smallest absolute Gasteiger partial charge is 0.335 e. The van der Waals surface area contributed by atoms with Crippen molar-refractivity contribution in [2.24, 2.45) is 0 Å². The Hall–Kier alpha value is -4.86. The minimum atomic E-state index is -1.08. The standard InChI is InChI=1S/C33H28ClN3O5S/c1-20-15-16-24(33(41)42)18-28(20)36-30(38)21(2)43-26-13-8-12-25(19-26)35-32(40)29(17-23-11-6-7-14-27(23)34)37-31(39)22-9-4-3-5-10-22/h3-19,21H,1-2H3,(H,35,40)(H,36,38)(H,37,39)(H,41,42)/b29-17+. The van der Waals surface area contributed by atoms with E-state index in [4.69, 9.17) is 11.6 Å². The SMILES string of the molecule is Cc1ccc(C(=O)O)cc1NC(=O)C(C)Sc1cccc(NC(=O)/C(=C\c2ccccc2Cl)NC(=O)c2ccccc2)c1. The summed E-state index contributed by atoms with van der Waals surface area (Å²) >= 11 is 7.58. The van der Waals surface area contributed by atoms with Gasteiger partial charge in [0, 0.05) is 26.9 Å². The normalized spacial score (nSPS) is 11.7. The molecule has 0 aliphatic rings. The topological polar surface area (TPSA) is 125 Å². The molecule has 0 spiro atoms. The van der Waals surface area contributed by atoms with Crippen molar-refractivity contribution in [1.29, 1.82) is 0 Å². The van der Waals surface area contributed by atoms with Crippen LogP contribution in [0, 0.1) is 6.92 Å². The molecule has 10 heteroatoms. The molecule has 0 heterocycles. The van der Waals surface area contributed by atoms with Crippen molar-refractivity contribution in [3.8, 4) is 0 Å². The molecule has 218 valence electrons. The number of carboxylic acid groups (broad SMARTS) is 1. The van der Waals surface area contributed by atoms with E-state index in [-0.39, 0.29) is 17.2 Å². The monoisotopic (exact) mass is 613 g/mol. The first-order chi connectivity index (χ1) is 20.6. The zero-order chi connectivity index (χ0) is 30.9. The van der Waals surface area contributed by atoms with Crippen molar-refractivity contribution in [1.82, 2.24) is 5.32 Å². The van der Waals surface area contributed by atoms with Gasteiger partial charge in [0.1, 0.15) is 5.70 Å². The van der Waals surface area contributed by atoms with Crippen molar-refractivity contribution < 1.29 is 24.3 Å². The molecule has 0 aliphatic heterocycles. The van der Waals surface area contributed by atoms with E-state index in [1.807, 2.05) is 0 Å². The summed E-state index contributed by atoms with van der Waals surface area (Å²) in [7, 11) is 0. The molecular formula is C33H28ClN3O5S. The van der Waals surface area contributed by atoms with Crippen LogP contribution in [-0.4, -0.2) is 34.0 Å². The predicted molar refractivity (Wildman–Crippen MR) is 170 cm³/mol. The van der Waals surface area contributed by atoms with Crippen LogP contribution in [-0.2, 0) is 9.59 Å². The summed E-state index contributed by atoms with van der Waals surface area (Å²) in [6.45, 7) is 3.51. The van der Waals surface area contributed by atoms with E-state index in [1.54, 1.807) is 98.8 Å². The maximum Gasteiger partial charge on any atom is 0.335 e. The first kappa shape index (κ1) is 31.1. The Bertz CT molecular complexity index is 1710. The molecule has 0 saturated carbocycles. The Morgan fingerprint density at radius 3 is 2.28 bits per heavy atom. The molecule has 0 radical (unpaired) electrons. The molecule has 0 aliphatic carbocycles. The molecule has 0 bridgehead atoms. The van der Waals surface area contributed by atoms with Gasteiger partial charge in [0.15, 0.2) is 0 Å². The fourth-order valence-corrected chi connectivity index (χ4v) is 5.03. The summed E-state index contributed by atoms with van der Waals surface area (Å²) in [6.07, 6.45) is 1.50. The zero-order valence-corrected chi connectivity index (χ0v) is 24.8. The Labute approximate surface area is 258 Å². The number of benzene rings is 4. The number of halogens is 1. The number of carbonyl (C=O) groups excluding carboxylic acids is 3. The van der Waals surface area contributed by atoms with Gasteiger partial charge >= 0.3 is 5.97 Å². The summed E-state index contributed by atoms with van der Waals surface area (Å²) in [5.41, 5.74) is 2.62. The highest BCUT2D eigenvalue weighted by molar-refractivity contribution is 8.00. The summed E-state index contributed by atoms with van der Waals surface area (Å²) in [5.74, 6) is -2.41. The highest BCUT2D eigenvalue weighted by Gasteiger charge is 2.19. The van der Waals surface area contributed by atoms with E-state index < -0.39 is 23.0 Å². The largest absolute Gasteiger partial charge is 0.478 e. The van der Waals surface area contributed by atoms with Gasteiger partial charge in [-0.1, -0.05) is 60.1 Å². The van der Waals surface area contributed by atoms with Crippen LogP contribution < -0.4 is 16.0 Å². The van der Waals surface area contributed by atoms with Gasteiger partial charge in [-0.05, 0) is 79.6 Å². The second kappa shape index (κ2) is 14.4. The van der Waals surface area contributed by atoms with Gasteiger partial charge in [-0.3, -0.25) is 14.4 Å². The van der Waals surface area contributed by atoms with Gasteiger partial charge < -0.3 is 21.1 Å². The number of carbonyl (C=O) groups is 4. The first-order valence-electron chi connectivity index (χ1n) is 13.2. The minimum Gasteiger partial charge on any atom is -0.478 e. The molecule has 4 aromatic rings. The molecule has 0 fully saturated rings. The van der Waals surface area contributed by atoms with Crippen LogP contribution in [0.3, 0.4) is 0 Å². The van der Waals surface area contributed by atoms with Gasteiger partial charge in [0.2, 0.25) is 5.91 Å². The van der Waals surface area contributed by atoms with Crippen LogP contribution in [0.2, 0.25) is 5.02 Å². The summed E-state index contributed by atoms with van der Waals surface area (Å²) in [4.78, 5) is 51.2. The number of thioether (sulfide) groups is 1. The van der Waals surface area contributed by atoms with Crippen LogP contribution >= 0.6 is 23.4 Å². The summed E-state index contributed by atoms with van der Waals surface area (Å²) < 4.78 is 0. The lowest BCUT2D eigenvalue weighted by Gasteiger charge is -2.15. The lowest BCUT2D eigenvalue weighted by Crippen LogP contribution is -2.30. The molecular weight excluding hydrogens is 586 g/mol. The van der Waals surface area contributed by atoms with E-state index >= 15 is 0 Å². The summed E-state index contributed by atoms with van der Waals surface area (Å²) in [6, 6.07) is 27.0. The number of amides is 3. The van der Waals surface area contributed by atoms with Gasteiger partial charge in [-0.25, -0.2) is 4.79 Å². The van der Waals surface area contributed by atoms with Crippen molar-refractivity contribution >= 4 is 64.5 Å². The van der Waals surface area contributed by atoms with Gasteiger partial charge in [0.25, 0.3) is 11.8 Å². The van der Waals surface area contributed by atoms with E-state index in [0.717, 1.165) is 5.56 Å². The quantitative estimate of drug-likeness (QED) is 0.114. The van der Waals surface area contributed by atoms with E-state index in [0.29, 0.717) is 32.4 Å². The minimum absolute atomic E-state index is 0.00767. The number of nitrogens with one attached hydrogen (secondary N) is 3. The van der Waals surface area contributed by atoms with Gasteiger partial charge in [-0.2, -0.15) is 0 Å². The highest BCUT2D eigenvalue weighted by atomic mass is 35.5. The lowest BCUT2D eigenvalue weighted by atomic mass is 10.1. The first-order valence-corrected chi connectivity index (χ1v) is 14.4. The highest BCUT2D eigenvalue weighted by Crippen LogP contribution is 2.28. The van der Waals surface area contributed by atoms with Crippen molar-refractivity contribution in [3.05, 3.63) is 130 Å². The molecule has 1 unspecified atom stereocenters. The van der Waals surface area contributed by atoms with E-state index in [1.165, 1.54) is 30.0 Å². The second-order valence-electron chi connectivity index (χ2n) is 9.47. The number of carboxylic acids is 1. The number of hydrogen-bond acceptors (Lipinski definition) is 5. The average Bonchev–Trinajstić information content (AvgIpc) is 2.99. The molecule has 4 rings (SSSR count). The van der Waals surface area contributed by atoms with Crippen LogP contribution in [0.15, 0.2) is 108 Å². The number of aromatic carboxylic acids is 1. The molecule has 1 atom stereocenters. The molecule has 4 aromatic carbocycles. The maximum atomic E-state index is 13.4. The molecule has 4 N–H and O–H groups in total. The van der Waals surface area contributed by atoms with Crippen LogP contribution in [0.5, 0.6) is 0 Å².